The summed E-state index contributed by atoms with van der Waals surface area (Å²) in [5, 5.41) is 7.26. The van der Waals surface area contributed by atoms with E-state index >= 15 is 0 Å². The van der Waals surface area contributed by atoms with Gasteiger partial charge in [-0.2, -0.15) is 5.10 Å². The summed E-state index contributed by atoms with van der Waals surface area (Å²) in [6.07, 6.45) is 7.06. The molecule has 134 valence electrons. The van der Waals surface area contributed by atoms with Crippen LogP contribution in [0.15, 0.2) is 36.7 Å². The number of ether oxygens (including phenoxy) is 1. The van der Waals surface area contributed by atoms with Crippen LogP contribution in [0.25, 0.3) is 11.1 Å². The Hall–Kier alpha value is -2.34. The molecule has 0 saturated carbocycles. The van der Waals surface area contributed by atoms with Crippen molar-refractivity contribution in [3.63, 3.8) is 0 Å². The molecule has 1 N–H and O–H groups in total. The molecular weight excluding hydrogens is 316 g/mol. The number of hydrogen-bond donors (Lipinski definition) is 1. The first kappa shape index (κ1) is 17.5. The third kappa shape index (κ3) is 4.39. The molecule has 2 heterocycles. The number of likely N-dealkylation sites (tertiary alicyclic amines) is 1. The molecule has 1 fully saturated rings. The molecule has 1 saturated heterocycles. The van der Waals surface area contributed by atoms with Crippen molar-refractivity contribution >= 4 is 6.03 Å². The highest BCUT2D eigenvalue weighted by atomic mass is 16.5. The lowest BCUT2D eigenvalue weighted by Crippen LogP contribution is -2.50. The van der Waals surface area contributed by atoms with Gasteiger partial charge >= 0.3 is 6.03 Å². The van der Waals surface area contributed by atoms with Crippen LogP contribution in [0.3, 0.4) is 0 Å². The van der Waals surface area contributed by atoms with E-state index in [4.69, 9.17) is 4.74 Å². The third-order valence-electron chi connectivity index (χ3n) is 4.66. The zero-order valence-corrected chi connectivity index (χ0v) is 14.9. The Morgan fingerprint density at radius 2 is 2.24 bits per heavy atom. The summed E-state index contributed by atoms with van der Waals surface area (Å²) in [6.45, 7) is 1.92. The van der Waals surface area contributed by atoms with Crippen molar-refractivity contribution in [2.75, 3.05) is 20.3 Å². The van der Waals surface area contributed by atoms with Crippen LogP contribution in [-0.2, 0) is 18.3 Å². The predicted octanol–water partition coefficient (Wildman–Crippen LogP) is 2.80. The molecule has 2 amide bonds. The van der Waals surface area contributed by atoms with Crippen LogP contribution in [0.4, 0.5) is 4.79 Å². The normalized spacial score (nSPS) is 17.5. The van der Waals surface area contributed by atoms with Gasteiger partial charge in [-0.15, -0.1) is 0 Å². The number of hydrogen-bond acceptors (Lipinski definition) is 3. The highest BCUT2D eigenvalue weighted by molar-refractivity contribution is 5.74. The highest BCUT2D eigenvalue weighted by Crippen LogP contribution is 2.20. The van der Waals surface area contributed by atoms with Crippen molar-refractivity contribution in [1.29, 1.82) is 0 Å². The van der Waals surface area contributed by atoms with Crippen LogP contribution < -0.4 is 5.32 Å². The minimum Gasteiger partial charge on any atom is -0.383 e. The first-order chi connectivity index (χ1) is 12.2. The fraction of sp³-hybridized carbons (Fsp3) is 0.474. The van der Waals surface area contributed by atoms with Gasteiger partial charge in [0.05, 0.1) is 18.8 Å². The monoisotopic (exact) mass is 342 g/mol. The summed E-state index contributed by atoms with van der Waals surface area (Å²) in [4.78, 5) is 14.5. The summed E-state index contributed by atoms with van der Waals surface area (Å²) in [6, 6.07) is 8.37. The van der Waals surface area contributed by atoms with Crippen molar-refractivity contribution < 1.29 is 9.53 Å². The minimum absolute atomic E-state index is 0.00599. The van der Waals surface area contributed by atoms with Crippen LogP contribution >= 0.6 is 0 Å². The predicted molar refractivity (Wildman–Crippen MR) is 97.1 cm³/mol. The first-order valence-corrected chi connectivity index (χ1v) is 8.79. The molecule has 0 aliphatic carbocycles. The smallest absolute Gasteiger partial charge is 0.317 e. The summed E-state index contributed by atoms with van der Waals surface area (Å²) >= 11 is 0. The van der Waals surface area contributed by atoms with Crippen molar-refractivity contribution in [3.05, 3.63) is 42.2 Å². The zero-order valence-electron chi connectivity index (χ0n) is 14.9. The number of carbonyl (C=O) groups excluding carboxylic acids is 1. The molecule has 3 rings (SSSR count). The van der Waals surface area contributed by atoms with E-state index in [9.17, 15) is 4.79 Å². The molecule has 1 aromatic heterocycles. The van der Waals surface area contributed by atoms with Crippen molar-refractivity contribution in [3.8, 4) is 11.1 Å². The van der Waals surface area contributed by atoms with Crippen LogP contribution in [0.5, 0.6) is 0 Å². The number of rotatable bonds is 5. The summed E-state index contributed by atoms with van der Waals surface area (Å²) < 4.78 is 7.05. The molecule has 1 unspecified atom stereocenters. The number of piperidine rings is 1. The van der Waals surface area contributed by atoms with Crippen LogP contribution in [0.2, 0.25) is 0 Å². The average molecular weight is 342 g/mol. The average Bonchev–Trinajstić information content (AvgIpc) is 3.07. The van der Waals surface area contributed by atoms with Crippen LogP contribution in [0.1, 0.15) is 24.8 Å². The molecule has 1 aromatic carbocycles. The third-order valence-corrected chi connectivity index (χ3v) is 4.66. The molecule has 1 aliphatic heterocycles. The topological polar surface area (TPSA) is 59.4 Å². The van der Waals surface area contributed by atoms with E-state index < -0.39 is 0 Å². The standard InChI is InChI=1S/C19H26N4O2/c1-22-13-17(12-21-22)16-7-5-6-15(10-16)11-20-19(24)23-9-4-3-8-18(23)14-25-2/h5-7,10,12-13,18H,3-4,8-9,11,14H2,1-2H3,(H,20,24). The van der Waals surface area contributed by atoms with Crippen molar-refractivity contribution in [2.24, 2.45) is 7.05 Å². The molecule has 1 aliphatic rings. The molecule has 25 heavy (non-hydrogen) atoms. The van der Waals surface area contributed by atoms with Gasteiger partial charge in [0.15, 0.2) is 0 Å². The number of urea groups is 1. The summed E-state index contributed by atoms with van der Waals surface area (Å²) in [5.41, 5.74) is 3.26. The zero-order chi connectivity index (χ0) is 17.6. The Morgan fingerprint density at radius 1 is 1.36 bits per heavy atom. The minimum atomic E-state index is -0.00599. The van der Waals surface area contributed by atoms with E-state index in [1.807, 2.05) is 36.5 Å². The highest BCUT2D eigenvalue weighted by Gasteiger charge is 2.26. The Kier molecular flexibility index (Phi) is 5.71. The molecule has 0 spiro atoms. The lowest BCUT2D eigenvalue weighted by atomic mass is 10.0. The molecule has 0 bridgehead atoms. The first-order valence-electron chi connectivity index (χ1n) is 8.79. The van der Waals surface area contributed by atoms with E-state index in [1.54, 1.807) is 11.8 Å². The fourth-order valence-corrected chi connectivity index (χ4v) is 3.34. The molecule has 6 heteroatoms. The second kappa shape index (κ2) is 8.16. The number of carbonyl (C=O) groups is 1. The van der Waals surface area contributed by atoms with Gasteiger partial charge in [0.25, 0.3) is 0 Å². The number of aryl methyl sites for hydroxylation is 1. The SMILES string of the molecule is COCC1CCCCN1C(=O)NCc1cccc(-c2cnn(C)c2)c1. The molecule has 0 radical (unpaired) electrons. The Labute approximate surface area is 148 Å². The molecular formula is C19H26N4O2. The van der Waals surface area contributed by atoms with Gasteiger partial charge in [-0.3, -0.25) is 4.68 Å². The number of nitrogens with zero attached hydrogens (tertiary/aromatic N) is 3. The van der Waals surface area contributed by atoms with E-state index in [0.717, 1.165) is 42.5 Å². The Balaban J connectivity index is 1.62. The van der Waals surface area contributed by atoms with Gasteiger partial charge in [-0.25, -0.2) is 4.79 Å². The van der Waals surface area contributed by atoms with E-state index in [2.05, 4.69) is 22.5 Å². The Bertz CT molecular complexity index is 711. The number of amides is 2. The lowest BCUT2D eigenvalue weighted by Gasteiger charge is -2.35. The quantitative estimate of drug-likeness (QED) is 0.909. The summed E-state index contributed by atoms with van der Waals surface area (Å²) in [5.74, 6) is 0. The van der Waals surface area contributed by atoms with Gasteiger partial charge in [0.1, 0.15) is 0 Å². The van der Waals surface area contributed by atoms with Gasteiger partial charge < -0.3 is 15.0 Å². The maximum Gasteiger partial charge on any atom is 0.317 e. The summed E-state index contributed by atoms with van der Waals surface area (Å²) in [7, 11) is 3.59. The van der Waals surface area contributed by atoms with Gasteiger partial charge in [-0.05, 0) is 36.5 Å². The van der Waals surface area contributed by atoms with Crippen molar-refractivity contribution in [1.82, 2.24) is 20.0 Å². The van der Waals surface area contributed by atoms with Gasteiger partial charge in [0.2, 0.25) is 0 Å². The van der Waals surface area contributed by atoms with Gasteiger partial charge in [0, 0.05) is 39.0 Å². The number of nitrogens with one attached hydrogen (secondary N) is 1. The Morgan fingerprint density at radius 3 is 3.00 bits per heavy atom. The van der Waals surface area contributed by atoms with E-state index in [-0.39, 0.29) is 12.1 Å². The molecule has 1 atom stereocenters. The number of aromatic nitrogens is 2. The largest absolute Gasteiger partial charge is 0.383 e. The fourth-order valence-electron chi connectivity index (χ4n) is 3.34. The maximum absolute atomic E-state index is 12.6. The van der Waals surface area contributed by atoms with E-state index in [1.165, 1.54) is 0 Å². The van der Waals surface area contributed by atoms with Crippen LogP contribution in [0, 0.1) is 0 Å². The second-order valence-electron chi connectivity index (χ2n) is 6.56. The number of methoxy groups -OCH3 is 1. The lowest BCUT2D eigenvalue weighted by molar-refractivity contribution is 0.0826. The second-order valence-corrected chi connectivity index (χ2v) is 6.56. The molecule has 6 nitrogen and oxygen atoms in total. The van der Waals surface area contributed by atoms with Crippen molar-refractivity contribution in [2.45, 2.75) is 31.8 Å². The van der Waals surface area contributed by atoms with Gasteiger partial charge in [-0.1, -0.05) is 18.2 Å². The maximum atomic E-state index is 12.6. The number of benzene rings is 1. The molecule has 2 aromatic rings. The van der Waals surface area contributed by atoms with E-state index in [0.29, 0.717) is 13.2 Å². The van der Waals surface area contributed by atoms with Crippen LogP contribution in [-0.4, -0.2) is 47.0 Å².